The molecule has 9 heteroatoms. The molecule has 1 aromatic rings. The van der Waals surface area contributed by atoms with Crippen LogP contribution in [-0.2, 0) is 30.5 Å². The third-order valence-electron chi connectivity index (χ3n) is 4.87. The summed E-state index contributed by atoms with van der Waals surface area (Å²) in [6.45, 7) is 2.29. The van der Waals surface area contributed by atoms with E-state index in [2.05, 4.69) is 0 Å². The Balaban J connectivity index is 0.00000280. The van der Waals surface area contributed by atoms with Crippen LogP contribution >= 0.6 is 12.4 Å². The van der Waals surface area contributed by atoms with Crippen molar-refractivity contribution >= 4 is 30.2 Å². The summed E-state index contributed by atoms with van der Waals surface area (Å²) in [7, 11) is 0. The molecule has 0 saturated carbocycles. The van der Waals surface area contributed by atoms with Gasteiger partial charge in [-0.2, -0.15) is 0 Å². The molecule has 2 amide bonds. The number of hydrogen-bond acceptors (Lipinski definition) is 6. The molecule has 8 nitrogen and oxygen atoms in total. The van der Waals surface area contributed by atoms with Crippen LogP contribution in [0.4, 0.5) is 0 Å². The molecule has 2 heterocycles. The van der Waals surface area contributed by atoms with Gasteiger partial charge in [-0.3, -0.25) is 14.4 Å². The summed E-state index contributed by atoms with van der Waals surface area (Å²) in [5.74, 6) is -1.06. The van der Waals surface area contributed by atoms with Crippen LogP contribution in [0.5, 0.6) is 0 Å². The van der Waals surface area contributed by atoms with E-state index in [0.717, 1.165) is 5.56 Å². The lowest BCUT2D eigenvalue weighted by atomic mass is 10.1. The van der Waals surface area contributed by atoms with E-state index in [4.69, 9.17) is 15.2 Å². The molecule has 0 unspecified atom stereocenters. The first-order chi connectivity index (χ1) is 13.1. The highest BCUT2D eigenvalue weighted by molar-refractivity contribution is 5.93. The van der Waals surface area contributed by atoms with Crippen molar-refractivity contribution in [2.24, 2.45) is 5.73 Å². The predicted molar refractivity (Wildman–Crippen MR) is 104 cm³/mol. The fourth-order valence-electron chi connectivity index (χ4n) is 3.31. The van der Waals surface area contributed by atoms with Gasteiger partial charge < -0.3 is 25.0 Å². The number of rotatable bonds is 6. The quantitative estimate of drug-likeness (QED) is 0.677. The van der Waals surface area contributed by atoms with E-state index < -0.39 is 18.1 Å². The number of esters is 1. The number of carbonyl (C=O) groups excluding carboxylic acids is 3. The van der Waals surface area contributed by atoms with Crippen molar-refractivity contribution in [3.8, 4) is 0 Å². The highest BCUT2D eigenvalue weighted by atomic mass is 35.5. The number of amides is 2. The van der Waals surface area contributed by atoms with E-state index in [-0.39, 0.29) is 37.2 Å². The molecule has 0 bridgehead atoms. The SMILES string of the molecule is Cl.N[C@H]1CCN([C@@H](CC(=O)OCc2ccccc2)C(=O)N2CCOCC2)C1=O. The molecule has 1 aromatic carbocycles. The first kappa shape index (κ1) is 22.1. The summed E-state index contributed by atoms with van der Waals surface area (Å²) in [5.41, 5.74) is 6.66. The molecule has 2 saturated heterocycles. The molecule has 2 aliphatic rings. The minimum atomic E-state index is -0.882. The zero-order valence-corrected chi connectivity index (χ0v) is 16.4. The maximum absolute atomic E-state index is 13.0. The number of morpholine rings is 1. The van der Waals surface area contributed by atoms with E-state index in [0.29, 0.717) is 39.3 Å². The molecule has 2 aliphatic heterocycles. The molecular formula is C19H26ClN3O5. The molecule has 2 N–H and O–H groups in total. The summed E-state index contributed by atoms with van der Waals surface area (Å²) in [4.78, 5) is 40.8. The maximum Gasteiger partial charge on any atom is 0.308 e. The lowest BCUT2D eigenvalue weighted by Gasteiger charge is -2.34. The zero-order chi connectivity index (χ0) is 19.2. The predicted octanol–water partition coefficient (Wildman–Crippen LogP) is 0.329. The Morgan fingerprint density at radius 2 is 1.86 bits per heavy atom. The smallest absolute Gasteiger partial charge is 0.308 e. The normalized spacial score (nSPS) is 20.5. The van der Waals surface area contributed by atoms with Crippen LogP contribution in [0.3, 0.4) is 0 Å². The Kier molecular flexibility index (Phi) is 8.22. The summed E-state index contributed by atoms with van der Waals surface area (Å²) in [5, 5.41) is 0. The van der Waals surface area contributed by atoms with E-state index in [9.17, 15) is 14.4 Å². The number of halogens is 1. The molecular weight excluding hydrogens is 386 g/mol. The summed E-state index contributed by atoms with van der Waals surface area (Å²) in [6.07, 6.45) is 0.298. The summed E-state index contributed by atoms with van der Waals surface area (Å²) in [6, 6.07) is 7.80. The van der Waals surface area contributed by atoms with Crippen molar-refractivity contribution in [2.75, 3.05) is 32.8 Å². The number of nitrogens with zero attached hydrogens (tertiary/aromatic N) is 2. The maximum atomic E-state index is 13.0. The second-order valence-electron chi connectivity index (χ2n) is 6.73. The minimum absolute atomic E-state index is 0. The Labute approximate surface area is 170 Å². The van der Waals surface area contributed by atoms with Gasteiger partial charge in [0, 0.05) is 19.6 Å². The average molecular weight is 412 g/mol. The van der Waals surface area contributed by atoms with Gasteiger partial charge >= 0.3 is 5.97 Å². The molecule has 2 fully saturated rings. The van der Waals surface area contributed by atoms with Gasteiger partial charge in [0.1, 0.15) is 12.6 Å². The molecule has 0 radical (unpaired) electrons. The Morgan fingerprint density at radius 1 is 1.18 bits per heavy atom. The molecule has 0 spiro atoms. The molecule has 28 heavy (non-hydrogen) atoms. The van der Waals surface area contributed by atoms with Crippen LogP contribution < -0.4 is 5.73 Å². The van der Waals surface area contributed by atoms with Gasteiger partial charge in [0.05, 0.1) is 25.7 Å². The van der Waals surface area contributed by atoms with Crippen molar-refractivity contribution in [1.29, 1.82) is 0 Å². The fourth-order valence-corrected chi connectivity index (χ4v) is 3.31. The van der Waals surface area contributed by atoms with Crippen LogP contribution in [-0.4, -0.2) is 72.5 Å². The van der Waals surface area contributed by atoms with Gasteiger partial charge in [0.2, 0.25) is 11.8 Å². The first-order valence-electron chi connectivity index (χ1n) is 9.18. The Morgan fingerprint density at radius 3 is 2.46 bits per heavy atom. The van der Waals surface area contributed by atoms with Gasteiger partial charge in [-0.15, -0.1) is 12.4 Å². The Hall–Kier alpha value is -2.16. The lowest BCUT2D eigenvalue weighted by molar-refractivity contribution is -0.154. The highest BCUT2D eigenvalue weighted by Crippen LogP contribution is 2.19. The fraction of sp³-hybridized carbons (Fsp3) is 0.526. The largest absolute Gasteiger partial charge is 0.461 e. The summed E-state index contributed by atoms with van der Waals surface area (Å²) < 4.78 is 10.6. The third-order valence-corrected chi connectivity index (χ3v) is 4.87. The van der Waals surface area contributed by atoms with Crippen LogP contribution in [0, 0.1) is 0 Å². The highest BCUT2D eigenvalue weighted by Gasteiger charge is 2.40. The van der Waals surface area contributed by atoms with Crippen molar-refractivity contribution in [3.05, 3.63) is 35.9 Å². The molecule has 2 atom stereocenters. The van der Waals surface area contributed by atoms with Crippen LogP contribution in [0.25, 0.3) is 0 Å². The number of hydrogen-bond donors (Lipinski definition) is 1. The number of nitrogens with two attached hydrogens (primary N) is 1. The van der Waals surface area contributed by atoms with Crippen molar-refractivity contribution in [3.63, 3.8) is 0 Å². The van der Waals surface area contributed by atoms with Crippen LogP contribution in [0.15, 0.2) is 30.3 Å². The van der Waals surface area contributed by atoms with E-state index in [1.807, 2.05) is 30.3 Å². The van der Waals surface area contributed by atoms with Crippen LogP contribution in [0.2, 0.25) is 0 Å². The van der Waals surface area contributed by atoms with Crippen molar-refractivity contribution in [1.82, 2.24) is 9.80 Å². The molecule has 3 rings (SSSR count). The average Bonchev–Trinajstić information content (AvgIpc) is 3.04. The van der Waals surface area contributed by atoms with Crippen molar-refractivity contribution in [2.45, 2.75) is 31.5 Å². The van der Waals surface area contributed by atoms with Gasteiger partial charge in [-0.1, -0.05) is 30.3 Å². The monoisotopic (exact) mass is 411 g/mol. The van der Waals surface area contributed by atoms with E-state index >= 15 is 0 Å². The molecule has 0 aromatic heterocycles. The minimum Gasteiger partial charge on any atom is -0.461 e. The first-order valence-corrected chi connectivity index (χ1v) is 9.18. The van der Waals surface area contributed by atoms with Gasteiger partial charge in [-0.05, 0) is 12.0 Å². The topological polar surface area (TPSA) is 102 Å². The number of benzene rings is 1. The third kappa shape index (κ3) is 5.43. The second-order valence-corrected chi connectivity index (χ2v) is 6.73. The number of ether oxygens (including phenoxy) is 2. The number of likely N-dealkylation sites (tertiary alicyclic amines) is 1. The van der Waals surface area contributed by atoms with Crippen LogP contribution in [0.1, 0.15) is 18.4 Å². The van der Waals surface area contributed by atoms with E-state index in [1.54, 1.807) is 4.90 Å². The second kappa shape index (κ2) is 10.4. The standard InChI is InChI=1S/C19H25N3O5.ClH/c20-15-6-7-22(18(15)24)16(19(25)21-8-10-26-11-9-21)12-17(23)27-13-14-4-2-1-3-5-14;/h1-5,15-16H,6-13,20H2;1H/t15-,16-;/m0./s1. The number of carbonyl (C=O) groups is 3. The van der Waals surface area contributed by atoms with Gasteiger partial charge in [-0.25, -0.2) is 0 Å². The molecule has 0 aliphatic carbocycles. The summed E-state index contributed by atoms with van der Waals surface area (Å²) >= 11 is 0. The molecule has 154 valence electrons. The van der Waals surface area contributed by atoms with E-state index in [1.165, 1.54) is 4.90 Å². The Bertz CT molecular complexity index is 681. The van der Waals surface area contributed by atoms with Crippen molar-refractivity contribution < 1.29 is 23.9 Å². The lowest BCUT2D eigenvalue weighted by Crippen LogP contribution is -2.54. The van der Waals surface area contributed by atoms with Gasteiger partial charge in [0.15, 0.2) is 0 Å². The zero-order valence-electron chi connectivity index (χ0n) is 15.6. The van der Waals surface area contributed by atoms with Gasteiger partial charge in [0.25, 0.3) is 0 Å².